The van der Waals surface area contributed by atoms with Gasteiger partial charge >= 0.3 is 0 Å². The Hall–Kier alpha value is -8.98. The molecule has 0 fully saturated rings. The Labute approximate surface area is 414 Å². The summed E-state index contributed by atoms with van der Waals surface area (Å²) in [5.41, 5.74) is 22.7. The molecule has 2 aliphatic rings. The first-order valence-corrected chi connectivity index (χ1v) is 24.7. The Morgan fingerprint density at radius 2 is 0.817 bits per heavy atom. The Balaban J connectivity index is 1.01. The van der Waals surface area contributed by atoms with Crippen LogP contribution in [0.1, 0.15) is 45.9 Å². The minimum atomic E-state index is -0.551. The SMILES string of the molecule is CC1(c2ccccc2)c2cc(N(c3ccc(-c4cccc5c4oc4ccccc45)cc3)c3ccc4c(c3)C(c3ccccc3)(c3ccccc3)c3ccccc3-4)ccc2-c2c(-c3ccccc3)cccc21. The van der Waals surface area contributed by atoms with Gasteiger partial charge in [-0.3, -0.25) is 0 Å². The summed E-state index contributed by atoms with van der Waals surface area (Å²) >= 11 is 0. The van der Waals surface area contributed by atoms with Gasteiger partial charge in [0.15, 0.2) is 0 Å². The van der Waals surface area contributed by atoms with E-state index >= 15 is 0 Å². The average Bonchev–Trinajstić information content (AvgIpc) is 4.07. The van der Waals surface area contributed by atoms with Gasteiger partial charge in [0.2, 0.25) is 0 Å². The first-order valence-electron chi connectivity index (χ1n) is 24.7. The van der Waals surface area contributed by atoms with Crippen molar-refractivity contribution in [3.63, 3.8) is 0 Å². The molecule has 0 radical (unpaired) electrons. The van der Waals surface area contributed by atoms with Crippen molar-refractivity contribution >= 4 is 39.0 Å². The Morgan fingerprint density at radius 3 is 1.54 bits per heavy atom. The molecular weight excluding hydrogens is 859 g/mol. The molecule has 334 valence electrons. The molecule has 2 nitrogen and oxygen atoms in total. The largest absolute Gasteiger partial charge is 0.455 e. The first-order chi connectivity index (χ1) is 35.1. The molecule has 0 amide bonds. The van der Waals surface area contributed by atoms with Crippen LogP contribution in [0, 0.1) is 0 Å². The molecule has 2 heteroatoms. The van der Waals surface area contributed by atoms with Gasteiger partial charge in [-0.05, 0) is 127 Å². The summed E-state index contributed by atoms with van der Waals surface area (Å²) < 4.78 is 6.57. The predicted molar refractivity (Wildman–Crippen MR) is 294 cm³/mol. The highest BCUT2D eigenvalue weighted by molar-refractivity contribution is 6.09. The van der Waals surface area contributed by atoms with Crippen molar-refractivity contribution in [1.29, 1.82) is 0 Å². The van der Waals surface area contributed by atoms with Crippen LogP contribution in [-0.4, -0.2) is 0 Å². The van der Waals surface area contributed by atoms with E-state index in [0.717, 1.165) is 50.1 Å². The monoisotopic (exact) mass is 905 g/mol. The van der Waals surface area contributed by atoms with Crippen molar-refractivity contribution in [1.82, 2.24) is 0 Å². The second kappa shape index (κ2) is 16.1. The maximum absolute atomic E-state index is 6.57. The maximum Gasteiger partial charge on any atom is 0.143 e. The molecule has 0 bridgehead atoms. The summed E-state index contributed by atoms with van der Waals surface area (Å²) in [6.07, 6.45) is 0. The first kappa shape index (κ1) is 41.0. The number of para-hydroxylation sites is 2. The summed E-state index contributed by atoms with van der Waals surface area (Å²) in [4.78, 5) is 2.47. The normalized spacial score (nSPS) is 15.0. The highest BCUT2D eigenvalue weighted by atomic mass is 16.3. The lowest BCUT2D eigenvalue weighted by molar-refractivity contribution is 0.670. The van der Waals surface area contributed by atoms with Gasteiger partial charge in [-0.25, -0.2) is 0 Å². The highest BCUT2D eigenvalue weighted by Crippen LogP contribution is 2.59. The van der Waals surface area contributed by atoms with E-state index in [0.29, 0.717) is 0 Å². The fourth-order valence-corrected chi connectivity index (χ4v) is 12.4. The standard InChI is InChI=1S/C69H47NO/c1-68(48-22-8-3-9-23-48)62-34-19-30-54(46-20-6-2-7-21-46)66(62)60-43-41-52(44-63(60)68)70(51-38-36-47(37-39-51)55-31-18-32-59-58-29-15-17-35-65(58)71-67(55)59)53-40-42-57-56-28-14-16-33-61(56)69(64(57)45-53,49-24-10-4-11-25-49)50-26-12-5-13-27-50/h2-45H,1H3. The number of furan rings is 1. The molecule has 1 atom stereocenters. The van der Waals surface area contributed by atoms with Gasteiger partial charge in [0.05, 0.1) is 5.41 Å². The zero-order valence-corrected chi connectivity index (χ0v) is 39.3. The van der Waals surface area contributed by atoms with E-state index in [1.807, 2.05) is 6.07 Å². The molecule has 1 unspecified atom stereocenters. The Morgan fingerprint density at radius 1 is 0.324 bits per heavy atom. The van der Waals surface area contributed by atoms with Crippen molar-refractivity contribution in [3.8, 4) is 44.5 Å². The molecular formula is C69H47NO. The van der Waals surface area contributed by atoms with Crippen molar-refractivity contribution in [2.45, 2.75) is 17.8 Å². The Kier molecular flexibility index (Phi) is 9.28. The molecule has 0 aliphatic heterocycles. The van der Waals surface area contributed by atoms with Gasteiger partial charge in [0.1, 0.15) is 11.2 Å². The summed E-state index contributed by atoms with van der Waals surface area (Å²) in [7, 11) is 0. The zero-order valence-electron chi connectivity index (χ0n) is 39.3. The molecule has 0 N–H and O–H groups in total. The third-order valence-corrected chi connectivity index (χ3v) is 15.6. The number of anilines is 3. The van der Waals surface area contributed by atoms with Crippen molar-refractivity contribution < 1.29 is 4.42 Å². The van der Waals surface area contributed by atoms with Crippen LogP contribution in [-0.2, 0) is 10.8 Å². The number of hydrogen-bond acceptors (Lipinski definition) is 2. The third-order valence-electron chi connectivity index (χ3n) is 15.6. The van der Waals surface area contributed by atoms with Crippen molar-refractivity contribution in [3.05, 3.63) is 306 Å². The highest BCUT2D eigenvalue weighted by Gasteiger charge is 2.47. The molecule has 0 saturated carbocycles. The summed E-state index contributed by atoms with van der Waals surface area (Å²) in [6.45, 7) is 2.42. The van der Waals surface area contributed by atoms with E-state index in [2.05, 4.69) is 273 Å². The number of benzene rings is 11. The lowest BCUT2D eigenvalue weighted by Gasteiger charge is -2.35. The second-order valence-electron chi connectivity index (χ2n) is 19.2. The van der Waals surface area contributed by atoms with E-state index in [9.17, 15) is 0 Å². The van der Waals surface area contributed by atoms with E-state index < -0.39 is 10.8 Å². The van der Waals surface area contributed by atoms with Crippen molar-refractivity contribution in [2.75, 3.05) is 4.90 Å². The Bertz CT molecular complexity index is 3950. The van der Waals surface area contributed by atoms with E-state index in [1.54, 1.807) is 0 Å². The van der Waals surface area contributed by atoms with Crippen LogP contribution >= 0.6 is 0 Å². The van der Waals surface area contributed by atoms with Gasteiger partial charge in [-0.2, -0.15) is 0 Å². The molecule has 12 aromatic rings. The van der Waals surface area contributed by atoms with Crippen molar-refractivity contribution in [2.24, 2.45) is 0 Å². The van der Waals surface area contributed by atoms with Gasteiger partial charge in [0, 0.05) is 38.8 Å². The lowest BCUT2D eigenvalue weighted by atomic mass is 9.67. The lowest BCUT2D eigenvalue weighted by Crippen LogP contribution is -2.28. The number of fused-ring (bicyclic) bond motifs is 9. The van der Waals surface area contributed by atoms with Crippen LogP contribution < -0.4 is 4.90 Å². The van der Waals surface area contributed by atoms with Gasteiger partial charge in [-0.15, -0.1) is 0 Å². The minimum absolute atomic E-state index is 0.428. The van der Waals surface area contributed by atoms with E-state index in [4.69, 9.17) is 4.42 Å². The van der Waals surface area contributed by atoms with Gasteiger partial charge in [-0.1, -0.05) is 224 Å². The molecule has 71 heavy (non-hydrogen) atoms. The molecule has 1 aromatic heterocycles. The molecule has 1 heterocycles. The molecule has 0 saturated heterocycles. The van der Waals surface area contributed by atoms with Crippen LogP contribution in [0.25, 0.3) is 66.4 Å². The number of hydrogen-bond donors (Lipinski definition) is 0. The van der Waals surface area contributed by atoms with Crippen LogP contribution in [0.15, 0.2) is 271 Å². The number of rotatable bonds is 8. The summed E-state index contributed by atoms with van der Waals surface area (Å²) in [5, 5.41) is 2.25. The fraction of sp³-hybridized carbons (Fsp3) is 0.0435. The fourth-order valence-electron chi connectivity index (χ4n) is 12.4. The van der Waals surface area contributed by atoms with Gasteiger partial charge < -0.3 is 9.32 Å². The molecule has 11 aromatic carbocycles. The van der Waals surface area contributed by atoms with Gasteiger partial charge in [0.25, 0.3) is 0 Å². The smallest absolute Gasteiger partial charge is 0.143 e. The number of nitrogens with zero attached hydrogens (tertiary/aromatic N) is 1. The average molecular weight is 906 g/mol. The van der Waals surface area contributed by atoms with Crippen LogP contribution in [0.4, 0.5) is 17.1 Å². The minimum Gasteiger partial charge on any atom is -0.455 e. The molecule has 0 spiro atoms. The van der Waals surface area contributed by atoms with E-state index in [1.165, 1.54) is 72.3 Å². The zero-order chi connectivity index (χ0) is 47.1. The summed E-state index contributed by atoms with van der Waals surface area (Å²) in [5.74, 6) is 0. The molecule has 2 aliphatic carbocycles. The predicted octanol–water partition coefficient (Wildman–Crippen LogP) is 18.1. The van der Waals surface area contributed by atoms with Crippen LogP contribution in [0.3, 0.4) is 0 Å². The third kappa shape index (κ3) is 6.08. The summed E-state index contributed by atoms with van der Waals surface area (Å²) in [6, 6.07) is 98.2. The maximum atomic E-state index is 6.57. The quantitative estimate of drug-likeness (QED) is 0.151. The van der Waals surface area contributed by atoms with Crippen LogP contribution in [0.2, 0.25) is 0 Å². The molecule has 14 rings (SSSR count). The van der Waals surface area contributed by atoms with E-state index in [-0.39, 0.29) is 0 Å². The second-order valence-corrected chi connectivity index (χ2v) is 19.2. The van der Waals surface area contributed by atoms with Crippen LogP contribution in [0.5, 0.6) is 0 Å². The topological polar surface area (TPSA) is 16.4 Å².